The zero-order chi connectivity index (χ0) is 36.9. The molecule has 13 nitrogen and oxygen atoms in total. The van der Waals surface area contributed by atoms with Gasteiger partial charge in [0, 0.05) is 13.2 Å². The highest BCUT2D eigenvalue weighted by atomic mass is 35.5. The first kappa shape index (κ1) is 43.9. The number of phosphoric acid groups is 1. The Hall–Kier alpha value is -1.48. The number of hydrogen-bond donors (Lipinski definition) is 3. The van der Waals surface area contributed by atoms with Crippen LogP contribution in [0.15, 0.2) is 6.33 Å². The molecule has 0 radical (unpaired) electrons. The second kappa shape index (κ2) is 24.8. The van der Waals surface area contributed by atoms with E-state index < -0.39 is 45.1 Å². The molecule has 1 fully saturated rings. The monoisotopic (exact) mass is 765 g/mol. The Morgan fingerprint density at radius 2 is 1.47 bits per heavy atom. The van der Waals surface area contributed by atoms with Gasteiger partial charge in [-0.1, -0.05) is 117 Å². The van der Waals surface area contributed by atoms with Crippen molar-refractivity contribution in [1.82, 2.24) is 19.5 Å². The number of anilines is 1. The van der Waals surface area contributed by atoms with E-state index >= 15 is 4.39 Å². The van der Waals surface area contributed by atoms with Gasteiger partial charge < -0.3 is 29.9 Å². The Labute approximate surface area is 308 Å². The largest absolute Gasteiger partial charge is 0.472 e. The van der Waals surface area contributed by atoms with Gasteiger partial charge in [-0.3, -0.25) is 13.6 Å². The van der Waals surface area contributed by atoms with Crippen LogP contribution in [0.5, 0.6) is 0 Å². The van der Waals surface area contributed by atoms with Crippen molar-refractivity contribution < 1.29 is 42.2 Å². The molecule has 4 N–H and O–H groups in total. The van der Waals surface area contributed by atoms with Crippen molar-refractivity contribution in [3.05, 3.63) is 11.6 Å². The highest BCUT2D eigenvalue weighted by Gasteiger charge is 2.47. The second-order valence-electron chi connectivity index (χ2n) is 13.5. The number of nitrogens with two attached hydrogens (primary N) is 1. The molecule has 3 heterocycles. The first-order valence-electron chi connectivity index (χ1n) is 19.1. The number of nitrogen functional groups attached to an aromatic ring is 1. The standard InChI is InChI=1S/C35H62ClFN5O8P/c1-3-5-7-9-11-13-14-15-17-19-21-46-23-27(47-22-20-18-16-12-10-8-6-4-2)24-48-51(44,45)49-25-28-31(43)29(37)34(50-28)42-26-39-30-32(38)40-35(36)41-33(30)42/h26-29,31,34,43H,3-25H2,1-2H3,(H,44,45)(H2,38,40,41)/t27?,28-,29?,31+,34-/m1/s1. The summed E-state index contributed by atoms with van der Waals surface area (Å²) in [7, 11) is -4.63. The highest BCUT2D eigenvalue weighted by Crippen LogP contribution is 2.45. The Morgan fingerprint density at radius 1 is 0.902 bits per heavy atom. The minimum absolute atomic E-state index is 0.000228. The molecule has 294 valence electrons. The van der Waals surface area contributed by atoms with Gasteiger partial charge in [0.25, 0.3) is 0 Å². The van der Waals surface area contributed by atoms with Crippen molar-refractivity contribution in [3.8, 4) is 0 Å². The number of rotatable bonds is 30. The fourth-order valence-corrected chi connectivity index (χ4v) is 7.02. The molecule has 6 atom stereocenters. The molecule has 16 heteroatoms. The molecule has 0 saturated carbocycles. The van der Waals surface area contributed by atoms with Crippen molar-refractivity contribution in [2.24, 2.45) is 0 Å². The third-order valence-electron chi connectivity index (χ3n) is 9.11. The molecule has 1 saturated heterocycles. The van der Waals surface area contributed by atoms with E-state index in [-0.39, 0.29) is 35.5 Å². The van der Waals surface area contributed by atoms with E-state index in [9.17, 15) is 14.6 Å². The first-order valence-corrected chi connectivity index (χ1v) is 21.0. The molecular formula is C35H62ClFN5O8P. The molecule has 0 amide bonds. The van der Waals surface area contributed by atoms with Crippen LogP contribution < -0.4 is 5.73 Å². The van der Waals surface area contributed by atoms with Gasteiger partial charge >= 0.3 is 7.82 Å². The molecule has 0 spiro atoms. The van der Waals surface area contributed by atoms with Crippen molar-refractivity contribution in [2.75, 3.05) is 38.8 Å². The fourth-order valence-electron chi connectivity index (χ4n) is 6.08. The Bertz CT molecular complexity index is 1280. The maximum atomic E-state index is 15.2. The Balaban J connectivity index is 1.42. The van der Waals surface area contributed by atoms with Crippen molar-refractivity contribution in [1.29, 1.82) is 0 Å². The van der Waals surface area contributed by atoms with Gasteiger partial charge in [0.05, 0.1) is 26.1 Å². The number of imidazole rings is 1. The topological polar surface area (TPSA) is 173 Å². The van der Waals surface area contributed by atoms with Crippen LogP contribution in [0.1, 0.15) is 136 Å². The lowest BCUT2D eigenvalue weighted by Crippen LogP contribution is -2.31. The van der Waals surface area contributed by atoms with Crippen LogP contribution >= 0.6 is 19.4 Å². The van der Waals surface area contributed by atoms with E-state index in [2.05, 4.69) is 28.8 Å². The van der Waals surface area contributed by atoms with Crippen LogP contribution in [0.3, 0.4) is 0 Å². The summed E-state index contributed by atoms with van der Waals surface area (Å²) in [6, 6.07) is 0. The summed E-state index contributed by atoms with van der Waals surface area (Å²) in [5.74, 6) is 0.000228. The van der Waals surface area contributed by atoms with Crippen molar-refractivity contribution in [2.45, 2.75) is 160 Å². The lowest BCUT2D eigenvalue weighted by molar-refractivity contribution is -0.0569. The number of aliphatic hydroxyl groups excluding tert-OH is 1. The quantitative estimate of drug-likeness (QED) is 0.0395. The number of ether oxygens (including phenoxy) is 3. The minimum Gasteiger partial charge on any atom is -0.387 e. The van der Waals surface area contributed by atoms with Crippen LogP contribution in [-0.4, -0.2) is 87.0 Å². The minimum atomic E-state index is -4.63. The molecule has 1 aliphatic heterocycles. The number of hydrogen-bond acceptors (Lipinski definition) is 11. The summed E-state index contributed by atoms with van der Waals surface area (Å²) in [6.07, 6.45) is 16.0. The van der Waals surface area contributed by atoms with Crippen molar-refractivity contribution >= 4 is 36.4 Å². The van der Waals surface area contributed by atoms with Gasteiger partial charge in [-0.05, 0) is 24.4 Å². The maximum absolute atomic E-state index is 15.2. The molecule has 1 aliphatic rings. The Morgan fingerprint density at radius 3 is 2.08 bits per heavy atom. The van der Waals surface area contributed by atoms with Crippen LogP contribution in [0, 0.1) is 0 Å². The molecule has 0 bridgehead atoms. The third kappa shape index (κ3) is 16.2. The normalized spacial score (nSPS) is 21.1. The summed E-state index contributed by atoms with van der Waals surface area (Å²) in [6.45, 7) is 4.84. The van der Waals surface area contributed by atoms with Gasteiger partial charge in [0.2, 0.25) is 5.28 Å². The molecule has 2 aromatic rings. The molecule has 3 unspecified atom stereocenters. The van der Waals surface area contributed by atoms with E-state index in [1.807, 2.05) is 0 Å². The average molecular weight is 766 g/mol. The zero-order valence-corrected chi connectivity index (χ0v) is 32.3. The predicted molar refractivity (Wildman–Crippen MR) is 196 cm³/mol. The first-order chi connectivity index (χ1) is 24.7. The number of fused-ring (bicyclic) bond motifs is 1. The fraction of sp³-hybridized carbons (Fsp3) is 0.857. The SMILES string of the molecule is CCCCCCCCCCCCOCC(COP(=O)(O)OC[C@H]1O[C@@H](n2cnc3c(N)nc(Cl)nc32)C(F)[C@H]1O)OCCCCCCCCCC. The predicted octanol–water partition coefficient (Wildman–Crippen LogP) is 8.26. The maximum Gasteiger partial charge on any atom is 0.472 e. The summed E-state index contributed by atoms with van der Waals surface area (Å²) in [5, 5.41) is 10.4. The van der Waals surface area contributed by atoms with E-state index in [0.717, 1.165) is 32.1 Å². The van der Waals surface area contributed by atoms with Crippen LogP contribution in [0.25, 0.3) is 11.2 Å². The Kier molecular flexibility index (Phi) is 21.3. The summed E-state index contributed by atoms with van der Waals surface area (Å²) in [5.41, 5.74) is 6.13. The molecule has 51 heavy (non-hydrogen) atoms. The molecule has 0 aliphatic carbocycles. The third-order valence-corrected chi connectivity index (χ3v) is 10.2. The number of halogens is 2. The second-order valence-corrected chi connectivity index (χ2v) is 15.3. The average Bonchev–Trinajstić information content (AvgIpc) is 3.65. The van der Waals surface area contributed by atoms with Gasteiger partial charge in [-0.2, -0.15) is 9.97 Å². The molecule has 0 aromatic carbocycles. The molecule has 3 rings (SSSR count). The lowest BCUT2D eigenvalue weighted by atomic mass is 10.1. The van der Waals surface area contributed by atoms with E-state index in [4.69, 9.17) is 40.6 Å². The summed E-state index contributed by atoms with van der Waals surface area (Å²) in [4.78, 5) is 22.4. The summed E-state index contributed by atoms with van der Waals surface area (Å²) < 4.78 is 57.2. The number of phosphoric ester groups is 1. The van der Waals surface area contributed by atoms with Gasteiger partial charge in [0.1, 0.15) is 23.8 Å². The van der Waals surface area contributed by atoms with E-state index in [1.165, 1.54) is 94.4 Å². The van der Waals surface area contributed by atoms with Crippen LogP contribution in [-0.2, 0) is 27.8 Å². The van der Waals surface area contributed by atoms with Gasteiger partial charge in [-0.25, -0.2) is 13.9 Å². The number of alkyl halides is 1. The van der Waals surface area contributed by atoms with Gasteiger partial charge in [-0.15, -0.1) is 0 Å². The number of aromatic nitrogens is 4. The smallest absolute Gasteiger partial charge is 0.387 e. The van der Waals surface area contributed by atoms with Crippen molar-refractivity contribution in [3.63, 3.8) is 0 Å². The zero-order valence-electron chi connectivity index (χ0n) is 30.6. The molecule has 2 aromatic heterocycles. The van der Waals surface area contributed by atoms with Gasteiger partial charge in [0.15, 0.2) is 23.9 Å². The van der Waals surface area contributed by atoms with Crippen LogP contribution in [0.4, 0.5) is 10.2 Å². The number of nitrogens with zero attached hydrogens (tertiary/aromatic N) is 4. The van der Waals surface area contributed by atoms with Crippen LogP contribution in [0.2, 0.25) is 5.28 Å². The lowest BCUT2D eigenvalue weighted by Gasteiger charge is -2.21. The van der Waals surface area contributed by atoms with E-state index in [0.29, 0.717) is 13.2 Å². The summed E-state index contributed by atoms with van der Waals surface area (Å²) >= 11 is 5.91. The number of unbranched alkanes of at least 4 members (excludes halogenated alkanes) is 16. The number of aliphatic hydroxyl groups is 1. The highest BCUT2D eigenvalue weighted by molar-refractivity contribution is 7.47. The van der Waals surface area contributed by atoms with E-state index in [1.54, 1.807) is 0 Å². The molecular weight excluding hydrogens is 704 g/mol.